The Balaban J connectivity index is 4.56. The smallest absolute Gasteiger partial charge is 0.198 e. The lowest BCUT2D eigenvalue weighted by atomic mass is 10.5. The lowest BCUT2D eigenvalue weighted by Crippen LogP contribution is -2.18. The number of hydrogen-bond acceptors (Lipinski definition) is 5. The van der Waals surface area contributed by atoms with Crippen molar-refractivity contribution in [3.05, 3.63) is 0 Å². The van der Waals surface area contributed by atoms with Crippen molar-refractivity contribution in [2.24, 2.45) is 0 Å². The summed E-state index contributed by atoms with van der Waals surface area (Å²) in [5, 5.41) is 0. The minimum Gasteiger partial charge on any atom is -0.198 e. The van der Waals surface area contributed by atoms with Crippen LogP contribution in [0.2, 0.25) is 0 Å². The lowest BCUT2D eigenvalue weighted by Gasteiger charge is -2.01. The molecule has 0 aromatic heterocycles. The SMILES string of the molecule is C#CCCS(=O)(=O)OS(=O)(=O)CC#C. The van der Waals surface area contributed by atoms with E-state index in [4.69, 9.17) is 12.8 Å². The first-order chi connectivity index (χ1) is 6.33. The zero-order valence-corrected chi connectivity index (χ0v) is 8.77. The summed E-state index contributed by atoms with van der Waals surface area (Å²) in [4.78, 5) is 0. The standard InChI is InChI=1S/C7H8O5S2/c1-3-5-7-14(10,11)12-13(8,9)6-4-2/h1-2H,5-7H2. The Morgan fingerprint density at radius 1 is 1.00 bits per heavy atom. The monoisotopic (exact) mass is 236 g/mol. The van der Waals surface area contributed by atoms with Gasteiger partial charge in [-0.1, -0.05) is 5.92 Å². The van der Waals surface area contributed by atoms with Crippen molar-refractivity contribution < 1.29 is 20.5 Å². The Hall–Kier alpha value is -1.02. The molecule has 0 aliphatic carbocycles. The molecule has 14 heavy (non-hydrogen) atoms. The van der Waals surface area contributed by atoms with Gasteiger partial charge in [0.05, 0.1) is 5.75 Å². The van der Waals surface area contributed by atoms with Crippen LogP contribution in [-0.4, -0.2) is 28.3 Å². The summed E-state index contributed by atoms with van der Waals surface area (Å²) < 4.78 is 47.3. The quantitative estimate of drug-likeness (QED) is 0.591. The van der Waals surface area contributed by atoms with Crippen molar-refractivity contribution in [2.75, 3.05) is 11.5 Å². The average molecular weight is 236 g/mol. The fourth-order valence-corrected chi connectivity index (χ4v) is 2.80. The molecular weight excluding hydrogens is 228 g/mol. The highest BCUT2D eigenvalue weighted by atomic mass is 32.3. The van der Waals surface area contributed by atoms with Gasteiger partial charge >= 0.3 is 0 Å². The van der Waals surface area contributed by atoms with Crippen LogP contribution in [0.5, 0.6) is 0 Å². The summed E-state index contributed by atoms with van der Waals surface area (Å²) in [7, 11) is -8.36. The molecule has 0 heterocycles. The predicted molar refractivity (Wildman–Crippen MR) is 50.9 cm³/mol. The molecule has 0 spiro atoms. The maximum absolute atomic E-state index is 10.9. The zero-order valence-electron chi connectivity index (χ0n) is 7.13. The van der Waals surface area contributed by atoms with Crippen LogP contribution in [0.1, 0.15) is 6.42 Å². The molecular formula is C7H8O5S2. The van der Waals surface area contributed by atoms with E-state index in [-0.39, 0.29) is 6.42 Å². The molecule has 7 heteroatoms. The Morgan fingerprint density at radius 3 is 2.00 bits per heavy atom. The number of terminal acetylenes is 2. The minimum atomic E-state index is -4.21. The van der Waals surface area contributed by atoms with E-state index < -0.39 is 31.7 Å². The zero-order chi connectivity index (χ0) is 11.2. The van der Waals surface area contributed by atoms with Crippen molar-refractivity contribution in [2.45, 2.75) is 6.42 Å². The van der Waals surface area contributed by atoms with Gasteiger partial charge in [0.2, 0.25) is 0 Å². The van der Waals surface area contributed by atoms with Gasteiger partial charge in [-0.2, -0.15) is 16.8 Å². The first-order valence-electron chi connectivity index (χ1n) is 3.36. The first-order valence-corrected chi connectivity index (χ1v) is 6.52. The third-order valence-corrected chi connectivity index (χ3v) is 3.85. The second-order valence-electron chi connectivity index (χ2n) is 2.19. The van der Waals surface area contributed by atoms with Gasteiger partial charge in [0, 0.05) is 6.42 Å². The molecule has 0 unspecified atom stereocenters. The van der Waals surface area contributed by atoms with E-state index in [1.54, 1.807) is 5.92 Å². The molecule has 0 saturated carbocycles. The van der Waals surface area contributed by atoms with Crippen LogP contribution in [0.4, 0.5) is 0 Å². The highest BCUT2D eigenvalue weighted by Crippen LogP contribution is 2.03. The van der Waals surface area contributed by atoms with Gasteiger partial charge in [-0.3, -0.25) is 0 Å². The van der Waals surface area contributed by atoms with Gasteiger partial charge in [0.15, 0.2) is 0 Å². The van der Waals surface area contributed by atoms with E-state index in [0.29, 0.717) is 0 Å². The van der Waals surface area contributed by atoms with E-state index in [2.05, 4.69) is 3.63 Å². The third kappa shape index (κ3) is 5.60. The van der Waals surface area contributed by atoms with E-state index in [9.17, 15) is 16.8 Å². The van der Waals surface area contributed by atoms with Crippen molar-refractivity contribution in [3.8, 4) is 24.7 Å². The van der Waals surface area contributed by atoms with Crippen LogP contribution in [0, 0.1) is 24.7 Å². The molecule has 0 saturated heterocycles. The van der Waals surface area contributed by atoms with Crippen molar-refractivity contribution in [1.82, 2.24) is 0 Å². The average Bonchev–Trinajstić information content (AvgIpc) is 1.98. The van der Waals surface area contributed by atoms with Crippen molar-refractivity contribution >= 4 is 20.2 Å². The molecule has 0 atom stereocenters. The summed E-state index contributed by atoms with van der Waals surface area (Å²) in [6, 6.07) is 0. The fourth-order valence-electron chi connectivity index (χ4n) is 0.502. The molecule has 0 aliphatic rings. The van der Waals surface area contributed by atoms with Gasteiger partial charge in [0.25, 0.3) is 20.2 Å². The Kier molecular flexibility index (Phi) is 4.64. The molecule has 78 valence electrons. The Labute approximate surface area is 83.7 Å². The van der Waals surface area contributed by atoms with E-state index >= 15 is 0 Å². The molecule has 0 aliphatic heterocycles. The van der Waals surface area contributed by atoms with Gasteiger partial charge in [-0.05, 0) is 0 Å². The topological polar surface area (TPSA) is 77.5 Å². The predicted octanol–water partition coefficient (Wildman–Crippen LogP) is -0.681. The van der Waals surface area contributed by atoms with Crippen LogP contribution >= 0.6 is 0 Å². The molecule has 0 amide bonds. The van der Waals surface area contributed by atoms with Crippen LogP contribution in [0.3, 0.4) is 0 Å². The second kappa shape index (κ2) is 5.01. The summed E-state index contributed by atoms with van der Waals surface area (Å²) in [5.41, 5.74) is 0. The molecule has 0 N–H and O–H groups in total. The molecule has 0 aromatic carbocycles. The van der Waals surface area contributed by atoms with Crippen LogP contribution in [-0.2, 0) is 23.9 Å². The molecule has 0 aromatic rings. The molecule has 0 radical (unpaired) electrons. The Bertz CT molecular complexity index is 457. The summed E-state index contributed by atoms with van der Waals surface area (Å²) >= 11 is 0. The minimum absolute atomic E-state index is 0.117. The van der Waals surface area contributed by atoms with Crippen LogP contribution < -0.4 is 0 Å². The van der Waals surface area contributed by atoms with Crippen molar-refractivity contribution in [3.63, 3.8) is 0 Å². The summed E-state index contributed by atoms with van der Waals surface area (Å²) in [5.74, 6) is 2.48. The first kappa shape index (κ1) is 13.0. The Morgan fingerprint density at radius 2 is 1.57 bits per heavy atom. The van der Waals surface area contributed by atoms with E-state index in [0.717, 1.165) is 0 Å². The number of rotatable bonds is 5. The summed E-state index contributed by atoms with van der Waals surface area (Å²) in [6.45, 7) is 0. The van der Waals surface area contributed by atoms with E-state index in [1.807, 2.05) is 5.92 Å². The van der Waals surface area contributed by atoms with Gasteiger partial charge < -0.3 is 0 Å². The van der Waals surface area contributed by atoms with Gasteiger partial charge in [-0.15, -0.1) is 22.4 Å². The maximum Gasteiger partial charge on any atom is 0.293 e. The molecule has 5 nitrogen and oxygen atoms in total. The third-order valence-electron chi connectivity index (χ3n) is 0.964. The summed E-state index contributed by atoms with van der Waals surface area (Å²) in [6.07, 6.45) is 9.39. The molecule has 0 fully saturated rings. The van der Waals surface area contributed by atoms with Crippen LogP contribution in [0.25, 0.3) is 0 Å². The highest BCUT2D eigenvalue weighted by Gasteiger charge is 2.21. The lowest BCUT2D eigenvalue weighted by molar-refractivity contribution is 0.464. The van der Waals surface area contributed by atoms with Gasteiger partial charge in [-0.25, -0.2) is 0 Å². The normalized spacial score (nSPS) is 11.6. The van der Waals surface area contributed by atoms with Crippen LogP contribution in [0.15, 0.2) is 0 Å². The van der Waals surface area contributed by atoms with Gasteiger partial charge in [0.1, 0.15) is 5.75 Å². The maximum atomic E-state index is 10.9. The number of hydrogen-bond donors (Lipinski definition) is 0. The molecule has 0 bridgehead atoms. The van der Waals surface area contributed by atoms with E-state index in [1.165, 1.54) is 0 Å². The second-order valence-corrected chi connectivity index (χ2v) is 5.66. The highest BCUT2D eigenvalue weighted by molar-refractivity contribution is 7.99. The molecule has 0 rings (SSSR count). The van der Waals surface area contributed by atoms with Crippen molar-refractivity contribution in [1.29, 1.82) is 0 Å². The fraction of sp³-hybridized carbons (Fsp3) is 0.429. The largest absolute Gasteiger partial charge is 0.293 e.